The van der Waals surface area contributed by atoms with Crippen LogP contribution in [-0.4, -0.2) is 28.0 Å². The Balaban J connectivity index is 2.55. The second kappa shape index (κ2) is 8.41. The lowest BCUT2D eigenvalue weighted by Gasteiger charge is -2.11. The molecule has 0 atom stereocenters. The molecule has 0 saturated carbocycles. The number of aliphatic imine (C=N–C) groups is 1. The molecule has 4 nitrogen and oxygen atoms in total. The van der Waals surface area contributed by atoms with Crippen LogP contribution in [0.4, 0.5) is 4.39 Å². The van der Waals surface area contributed by atoms with Gasteiger partial charge < -0.3 is 0 Å². The average Bonchev–Trinajstić information content (AvgIpc) is 2.97. The minimum Gasteiger partial charge on any atom is -0.296 e. The Bertz CT molecular complexity index is 891. The molecule has 1 aromatic heterocycles. The Morgan fingerprint density at radius 2 is 2.04 bits per heavy atom. The minimum absolute atomic E-state index is 0.211. The van der Waals surface area contributed by atoms with E-state index < -0.39 is 0 Å². The zero-order valence-corrected chi connectivity index (χ0v) is 16.8. The number of hydrogen-bond donors (Lipinski definition) is 0. The summed E-state index contributed by atoms with van der Waals surface area (Å²) in [7, 11) is 3.51. The lowest BCUT2D eigenvalue weighted by molar-refractivity contribution is 0.628. The number of rotatable bonds is 5. The predicted octanol–water partition coefficient (Wildman–Crippen LogP) is 5.36. The number of hydrogen-bond acceptors (Lipinski definition) is 3. The van der Waals surface area contributed by atoms with Crippen molar-refractivity contribution < 1.29 is 4.39 Å². The quantitative estimate of drug-likeness (QED) is 0.522. The van der Waals surface area contributed by atoms with Crippen LogP contribution in [0, 0.1) is 5.82 Å². The van der Waals surface area contributed by atoms with Crippen molar-refractivity contribution in [1.82, 2.24) is 14.8 Å². The van der Waals surface area contributed by atoms with Crippen LogP contribution in [0.25, 0.3) is 17.0 Å². The van der Waals surface area contributed by atoms with Crippen molar-refractivity contribution in [3.05, 3.63) is 52.1 Å². The Morgan fingerprint density at radius 3 is 2.54 bits per heavy atom. The number of allylic oxidation sites excluding steroid dienone is 4. The SMILES string of the molecule is C/C=C(Cl)/C(=C(/C)C=NC)c1ccc(-c2nc(C(C)C)n(C)n2)c(F)c1. The van der Waals surface area contributed by atoms with Gasteiger partial charge in [-0.05, 0) is 37.1 Å². The molecule has 0 aliphatic carbocycles. The van der Waals surface area contributed by atoms with Gasteiger partial charge >= 0.3 is 0 Å². The molecule has 0 unspecified atom stereocenters. The summed E-state index contributed by atoms with van der Waals surface area (Å²) in [5.41, 5.74) is 2.67. The average molecular weight is 375 g/mol. The second-order valence-electron chi connectivity index (χ2n) is 6.35. The largest absolute Gasteiger partial charge is 0.296 e. The van der Waals surface area contributed by atoms with Gasteiger partial charge in [-0.25, -0.2) is 9.37 Å². The Kier molecular flexibility index (Phi) is 6.48. The highest BCUT2D eigenvalue weighted by Gasteiger charge is 2.17. The molecule has 2 aromatic rings. The van der Waals surface area contributed by atoms with Gasteiger partial charge in [0.2, 0.25) is 0 Å². The van der Waals surface area contributed by atoms with Crippen LogP contribution in [0.1, 0.15) is 45.0 Å². The lowest BCUT2D eigenvalue weighted by atomic mass is 9.98. The minimum atomic E-state index is -0.386. The fraction of sp³-hybridized carbons (Fsp3) is 0.350. The fourth-order valence-electron chi connectivity index (χ4n) is 2.82. The van der Waals surface area contributed by atoms with Crippen LogP contribution in [0.2, 0.25) is 0 Å². The van der Waals surface area contributed by atoms with Gasteiger partial charge in [-0.2, -0.15) is 5.10 Å². The Morgan fingerprint density at radius 1 is 1.35 bits per heavy atom. The van der Waals surface area contributed by atoms with Gasteiger partial charge in [-0.3, -0.25) is 9.67 Å². The van der Waals surface area contributed by atoms with E-state index in [1.54, 1.807) is 30.1 Å². The van der Waals surface area contributed by atoms with Crippen molar-refractivity contribution in [3.63, 3.8) is 0 Å². The van der Waals surface area contributed by atoms with Crippen LogP contribution >= 0.6 is 11.6 Å². The third-order valence-electron chi connectivity index (χ3n) is 4.02. The molecule has 6 heteroatoms. The van der Waals surface area contributed by atoms with E-state index in [0.717, 1.165) is 17.0 Å². The highest BCUT2D eigenvalue weighted by molar-refractivity contribution is 6.37. The van der Waals surface area contributed by atoms with E-state index in [9.17, 15) is 4.39 Å². The molecule has 0 aliphatic rings. The number of aryl methyl sites for hydroxylation is 1. The summed E-state index contributed by atoms with van der Waals surface area (Å²) in [4.78, 5) is 8.50. The van der Waals surface area contributed by atoms with Crippen LogP contribution in [0.15, 0.2) is 39.9 Å². The maximum Gasteiger partial charge on any atom is 0.184 e. The van der Waals surface area contributed by atoms with Gasteiger partial charge in [0.1, 0.15) is 11.6 Å². The van der Waals surface area contributed by atoms with Crippen LogP contribution in [-0.2, 0) is 7.05 Å². The van der Waals surface area contributed by atoms with E-state index >= 15 is 0 Å². The fourth-order valence-corrected chi connectivity index (χ4v) is 3.08. The smallest absolute Gasteiger partial charge is 0.184 e. The van der Waals surface area contributed by atoms with Crippen molar-refractivity contribution in [2.45, 2.75) is 33.6 Å². The van der Waals surface area contributed by atoms with Crippen molar-refractivity contribution in [3.8, 4) is 11.4 Å². The van der Waals surface area contributed by atoms with Crippen molar-refractivity contribution in [2.24, 2.45) is 12.0 Å². The molecule has 138 valence electrons. The van der Waals surface area contributed by atoms with Crippen molar-refractivity contribution in [2.75, 3.05) is 7.05 Å². The molecule has 2 rings (SSSR count). The van der Waals surface area contributed by atoms with Gasteiger partial charge in [-0.15, -0.1) is 0 Å². The number of benzene rings is 1. The van der Waals surface area contributed by atoms with E-state index in [-0.39, 0.29) is 11.7 Å². The highest BCUT2D eigenvalue weighted by Crippen LogP contribution is 2.32. The maximum atomic E-state index is 14.8. The number of aromatic nitrogens is 3. The van der Waals surface area contributed by atoms with E-state index in [4.69, 9.17) is 11.6 Å². The zero-order valence-electron chi connectivity index (χ0n) is 16.0. The molecule has 0 saturated heterocycles. The normalized spacial score (nSPS) is 13.7. The third-order valence-corrected chi connectivity index (χ3v) is 4.43. The summed E-state index contributed by atoms with van der Waals surface area (Å²) in [5.74, 6) is 1.02. The predicted molar refractivity (Wildman–Crippen MR) is 107 cm³/mol. The van der Waals surface area contributed by atoms with Gasteiger partial charge in [0, 0.05) is 36.8 Å². The monoisotopic (exact) mass is 374 g/mol. The molecular formula is C20H24ClFN4. The number of nitrogens with zero attached hydrogens (tertiary/aromatic N) is 4. The molecule has 1 heterocycles. The summed E-state index contributed by atoms with van der Waals surface area (Å²) >= 11 is 6.36. The van der Waals surface area contributed by atoms with Crippen molar-refractivity contribution >= 4 is 23.4 Å². The molecule has 26 heavy (non-hydrogen) atoms. The van der Waals surface area contributed by atoms with E-state index in [0.29, 0.717) is 22.0 Å². The standard InChI is InChI=1S/C20H24ClFN4/c1-7-16(21)18(13(4)11-23-5)14-8-9-15(17(22)10-14)19-24-20(12(2)3)26(6)25-19/h7-12H,1-6H3/b16-7-,18-13-,23-11?. The lowest BCUT2D eigenvalue weighted by Crippen LogP contribution is -2.00. The number of halogens is 2. The molecule has 0 aliphatic heterocycles. The first-order valence-corrected chi connectivity index (χ1v) is 8.84. The van der Waals surface area contributed by atoms with Crippen LogP contribution < -0.4 is 0 Å². The summed E-state index contributed by atoms with van der Waals surface area (Å²) in [6, 6.07) is 4.99. The van der Waals surface area contributed by atoms with Crippen LogP contribution in [0.5, 0.6) is 0 Å². The van der Waals surface area contributed by atoms with Gasteiger partial charge in [0.25, 0.3) is 0 Å². The van der Waals surface area contributed by atoms with Crippen molar-refractivity contribution in [1.29, 1.82) is 0 Å². The topological polar surface area (TPSA) is 43.1 Å². The molecule has 1 aromatic carbocycles. The third kappa shape index (κ3) is 4.10. The summed E-state index contributed by atoms with van der Waals surface area (Å²) in [6.07, 6.45) is 3.49. The van der Waals surface area contributed by atoms with Gasteiger partial charge in [0.15, 0.2) is 5.82 Å². The Hall–Kier alpha value is -2.27. The molecule has 0 spiro atoms. The van der Waals surface area contributed by atoms with Gasteiger partial charge in [0.05, 0.1) is 5.56 Å². The van der Waals surface area contributed by atoms with E-state index in [2.05, 4.69) is 15.1 Å². The first-order chi connectivity index (χ1) is 12.3. The second-order valence-corrected chi connectivity index (χ2v) is 6.76. The summed E-state index contributed by atoms with van der Waals surface area (Å²) in [6.45, 7) is 7.80. The van der Waals surface area contributed by atoms with Gasteiger partial charge in [-0.1, -0.05) is 37.6 Å². The first kappa shape index (κ1) is 20.0. The molecule has 0 amide bonds. The van der Waals surface area contributed by atoms with Crippen LogP contribution in [0.3, 0.4) is 0 Å². The maximum absolute atomic E-state index is 14.8. The highest BCUT2D eigenvalue weighted by atomic mass is 35.5. The van der Waals surface area contributed by atoms with E-state index in [1.807, 2.05) is 40.8 Å². The first-order valence-electron chi connectivity index (χ1n) is 8.46. The molecular weight excluding hydrogens is 351 g/mol. The molecule has 0 bridgehead atoms. The molecule has 0 N–H and O–H groups in total. The summed E-state index contributed by atoms with van der Waals surface area (Å²) < 4.78 is 16.5. The zero-order chi connectivity index (χ0) is 19.4. The molecule has 0 radical (unpaired) electrons. The molecule has 0 fully saturated rings. The van der Waals surface area contributed by atoms with E-state index in [1.165, 1.54) is 6.07 Å². The Labute approximate surface area is 159 Å². The summed E-state index contributed by atoms with van der Waals surface area (Å²) in [5, 5.41) is 4.90.